The minimum Gasteiger partial charge on any atom is -0.493 e. The Morgan fingerprint density at radius 2 is 1.98 bits per heavy atom. The van der Waals surface area contributed by atoms with Crippen LogP contribution >= 0.6 is 11.3 Å². The van der Waals surface area contributed by atoms with Gasteiger partial charge in [-0.25, -0.2) is 0 Å². The Morgan fingerprint density at radius 1 is 1.10 bits per heavy atom. The van der Waals surface area contributed by atoms with E-state index in [0.717, 1.165) is 36.7 Å². The van der Waals surface area contributed by atoms with Crippen LogP contribution in [0.15, 0.2) is 42.5 Å². The molecule has 4 fully saturated rings. The van der Waals surface area contributed by atoms with Crippen molar-refractivity contribution in [2.75, 3.05) is 33.9 Å². The van der Waals surface area contributed by atoms with Crippen molar-refractivity contribution in [3.05, 3.63) is 58.5 Å². The highest BCUT2D eigenvalue weighted by Gasteiger charge is 2.72. The molecule has 0 amide bonds. The van der Waals surface area contributed by atoms with Crippen LogP contribution in [0, 0.1) is 17.3 Å². The zero-order chi connectivity index (χ0) is 27.8. The molecular weight excluding hydrogens is 530 g/mol. The molecule has 2 heterocycles. The molecule has 1 spiro atoms. The maximum absolute atomic E-state index is 7.04. The van der Waals surface area contributed by atoms with Gasteiger partial charge in [0.2, 0.25) is 0 Å². The van der Waals surface area contributed by atoms with Gasteiger partial charge in [0.25, 0.3) is 0 Å². The van der Waals surface area contributed by atoms with Crippen molar-refractivity contribution in [1.82, 2.24) is 4.90 Å². The lowest BCUT2D eigenvalue weighted by Gasteiger charge is -2.66. The van der Waals surface area contributed by atoms with E-state index < -0.39 is 0 Å². The zero-order valence-corrected chi connectivity index (χ0v) is 25.5. The lowest BCUT2D eigenvalue weighted by molar-refractivity contribution is -0.243. The molecule has 6 heteroatoms. The fourth-order valence-electron chi connectivity index (χ4n) is 9.46. The van der Waals surface area contributed by atoms with E-state index in [1.807, 2.05) is 18.4 Å². The molecule has 6 aliphatic rings. The van der Waals surface area contributed by atoms with Crippen molar-refractivity contribution in [3.63, 3.8) is 0 Å². The summed E-state index contributed by atoms with van der Waals surface area (Å²) >= 11 is 1.85. The Balaban J connectivity index is 1.15. The molecule has 0 saturated heterocycles. The molecule has 9 rings (SSSR count). The van der Waals surface area contributed by atoms with Crippen molar-refractivity contribution >= 4 is 21.4 Å². The second-order valence-corrected chi connectivity index (χ2v) is 14.6. The summed E-state index contributed by atoms with van der Waals surface area (Å²) in [6, 6.07) is 15.9. The van der Waals surface area contributed by atoms with E-state index in [2.05, 4.69) is 54.3 Å². The van der Waals surface area contributed by atoms with Gasteiger partial charge >= 0.3 is 0 Å². The summed E-state index contributed by atoms with van der Waals surface area (Å²) < 4.78 is 27.5. The molecule has 6 atom stereocenters. The van der Waals surface area contributed by atoms with Crippen LogP contribution in [-0.2, 0) is 22.5 Å². The van der Waals surface area contributed by atoms with E-state index in [1.54, 1.807) is 7.11 Å². The summed E-state index contributed by atoms with van der Waals surface area (Å²) in [5.74, 6) is 3.39. The molecule has 0 radical (unpaired) electrons. The quantitative estimate of drug-likeness (QED) is 0.243. The summed E-state index contributed by atoms with van der Waals surface area (Å²) in [6.45, 7) is 6.14. The summed E-state index contributed by atoms with van der Waals surface area (Å²) in [4.78, 5) is 4.20. The van der Waals surface area contributed by atoms with Crippen LogP contribution in [0.3, 0.4) is 0 Å². The van der Waals surface area contributed by atoms with E-state index in [9.17, 15) is 0 Å². The Kier molecular flexibility index (Phi) is 6.45. The van der Waals surface area contributed by atoms with Gasteiger partial charge in [-0.3, -0.25) is 4.90 Å². The SMILES string of the molecule is CCCN(CC1CC1)[C@@H]1Cc2ccc(OC)c3c2C2[C@@H](O3)[C@@]3(OC)CC[C@]21C[C@@H]3COCc1cc2ccccc2s1. The third kappa shape index (κ3) is 3.97. The standard InChI is InChI=1S/C35H43NO4S/c1-4-15-36(19-22-9-10-22)29-17-24-11-12-27(37-2)32-30(24)31-33(40-32)35(38-3)14-13-34(29,31)18-25(35)20-39-21-26-16-23-7-5-6-8-28(23)41-26/h5-8,11-12,16,22,25,29,31,33H,4,9-10,13-15,17-21H2,1-3H3/t25-,29-,31?,33-,34-,35-/m1/s1. The van der Waals surface area contributed by atoms with E-state index in [1.165, 1.54) is 64.9 Å². The second-order valence-electron chi connectivity index (χ2n) is 13.4. The van der Waals surface area contributed by atoms with Crippen LogP contribution in [0.1, 0.15) is 67.4 Å². The van der Waals surface area contributed by atoms with E-state index in [0.29, 0.717) is 31.1 Å². The maximum atomic E-state index is 7.04. The number of hydrogen-bond donors (Lipinski definition) is 0. The van der Waals surface area contributed by atoms with Crippen molar-refractivity contribution in [2.24, 2.45) is 17.3 Å². The Hall–Kier alpha value is -2.12. The molecule has 5 aliphatic carbocycles. The minimum atomic E-state index is -0.345. The minimum absolute atomic E-state index is 0.00479. The topological polar surface area (TPSA) is 40.2 Å². The van der Waals surface area contributed by atoms with E-state index in [4.69, 9.17) is 18.9 Å². The molecule has 218 valence electrons. The van der Waals surface area contributed by atoms with Gasteiger partial charge < -0.3 is 18.9 Å². The average Bonchev–Trinajstić information content (AvgIpc) is 3.55. The normalized spacial score (nSPS) is 32.9. The molecule has 5 nitrogen and oxygen atoms in total. The number of ether oxygens (including phenoxy) is 4. The molecular formula is C35H43NO4S. The smallest absolute Gasteiger partial charge is 0.165 e. The van der Waals surface area contributed by atoms with Crippen LogP contribution in [0.5, 0.6) is 11.5 Å². The lowest BCUT2D eigenvalue weighted by atomic mass is 9.43. The molecule has 0 N–H and O–H groups in total. The van der Waals surface area contributed by atoms with Crippen molar-refractivity contribution in [2.45, 2.75) is 82.1 Å². The molecule has 2 aromatic carbocycles. The number of methoxy groups -OCH3 is 2. The van der Waals surface area contributed by atoms with Gasteiger partial charge in [-0.15, -0.1) is 11.3 Å². The maximum Gasteiger partial charge on any atom is 0.165 e. The predicted molar refractivity (Wildman–Crippen MR) is 163 cm³/mol. The van der Waals surface area contributed by atoms with Crippen LogP contribution in [0.2, 0.25) is 0 Å². The molecule has 1 aliphatic heterocycles. The van der Waals surface area contributed by atoms with Gasteiger partial charge in [0.05, 0.1) is 20.3 Å². The number of thiophene rings is 1. The number of nitrogens with zero attached hydrogens (tertiary/aromatic N) is 1. The van der Waals surface area contributed by atoms with Gasteiger partial charge in [0.1, 0.15) is 11.7 Å². The van der Waals surface area contributed by atoms with Gasteiger partial charge in [-0.2, -0.15) is 0 Å². The Bertz CT molecular complexity index is 1420. The summed E-state index contributed by atoms with van der Waals surface area (Å²) in [5.41, 5.74) is 2.73. The number of rotatable bonds is 11. The Labute approximate surface area is 248 Å². The second kappa shape index (κ2) is 9.97. The third-order valence-corrected chi connectivity index (χ3v) is 12.5. The fourth-order valence-corrected chi connectivity index (χ4v) is 10.5. The van der Waals surface area contributed by atoms with Crippen LogP contribution in [0.25, 0.3) is 10.1 Å². The van der Waals surface area contributed by atoms with Gasteiger partial charge in [-0.1, -0.05) is 31.2 Å². The first-order valence-corrected chi connectivity index (χ1v) is 16.6. The fraction of sp³-hybridized carbons (Fsp3) is 0.600. The molecule has 3 aromatic rings. The molecule has 1 aromatic heterocycles. The van der Waals surface area contributed by atoms with Gasteiger partial charge in [0, 0.05) is 46.7 Å². The highest BCUT2D eigenvalue weighted by molar-refractivity contribution is 7.19. The number of hydrogen-bond acceptors (Lipinski definition) is 6. The lowest BCUT2D eigenvalue weighted by Crippen LogP contribution is -2.72. The van der Waals surface area contributed by atoms with Crippen LogP contribution < -0.4 is 9.47 Å². The first kappa shape index (κ1) is 26.5. The van der Waals surface area contributed by atoms with Gasteiger partial charge in [0.15, 0.2) is 11.5 Å². The van der Waals surface area contributed by atoms with Crippen molar-refractivity contribution in [1.29, 1.82) is 0 Å². The van der Waals surface area contributed by atoms with E-state index >= 15 is 0 Å². The predicted octanol–water partition coefficient (Wildman–Crippen LogP) is 7.20. The highest BCUT2D eigenvalue weighted by Crippen LogP contribution is 2.72. The molecule has 2 bridgehead atoms. The van der Waals surface area contributed by atoms with Crippen LogP contribution in [0.4, 0.5) is 0 Å². The zero-order valence-electron chi connectivity index (χ0n) is 24.7. The third-order valence-electron chi connectivity index (χ3n) is 11.4. The Morgan fingerprint density at radius 3 is 2.76 bits per heavy atom. The van der Waals surface area contributed by atoms with Crippen LogP contribution in [-0.4, -0.2) is 56.6 Å². The van der Waals surface area contributed by atoms with Gasteiger partial charge in [-0.05, 0) is 92.0 Å². The average molecular weight is 574 g/mol. The molecule has 41 heavy (non-hydrogen) atoms. The summed E-state index contributed by atoms with van der Waals surface area (Å²) in [7, 11) is 3.69. The first-order valence-electron chi connectivity index (χ1n) is 15.8. The van der Waals surface area contributed by atoms with E-state index in [-0.39, 0.29) is 17.1 Å². The molecule has 4 saturated carbocycles. The first-order chi connectivity index (χ1) is 20.1. The summed E-state index contributed by atoms with van der Waals surface area (Å²) in [5, 5.41) is 1.31. The largest absolute Gasteiger partial charge is 0.493 e. The highest BCUT2D eigenvalue weighted by atomic mass is 32.1. The number of fused-ring (bicyclic) bond motifs is 3. The van der Waals surface area contributed by atoms with Crippen molar-refractivity contribution < 1.29 is 18.9 Å². The number of benzene rings is 2. The summed E-state index contributed by atoms with van der Waals surface area (Å²) in [6.07, 6.45) is 8.49. The molecule has 1 unspecified atom stereocenters. The van der Waals surface area contributed by atoms with Crippen molar-refractivity contribution in [3.8, 4) is 11.5 Å². The monoisotopic (exact) mass is 573 g/mol.